The topological polar surface area (TPSA) is 110 Å². The van der Waals surface area contributed by atoms with Crippen LogP contribution in [0.2, 0.25) is 10.0 Å². The third kappa shape index (κ3) is 9.87. The fraction of sp³-hybridized carbons (Fsp3) is 0.500. The Kier molecular flexibility index (Phi) is 12.4. The van der Waals surface area contributed by atoms with Crippen molar-refractivity contribution in [1.29, 1.82) is 0 Å². The summed E-state index contributed by atoms with van der Waals surface area (Å²) in [6, 6.07) is 4.39. The Morgan fingerprint density at radius 3 is 2.49 bits per heavy atom. The van der Waals surface area contributed by atoms with Gasteiger partial charge in [0.25, 0.3) is 0 Å². The van der Waals surface area contributed by atoms with E-state index in [9.17, 15) is 14.3 Å². The van der Waals surface area contributed by atoms with Crippen LogP contribution in [0.1, 0.15) is 78.0 Å². The summed E-state index contributed by atoms with van der Waals surface area (Å²) in [6.45, 7) is 12.3. The molecule has 1 aliphatic rings. The van der Waals surface area contributed by atoms with Gasteiger partial charge >= 0.3 is 6.09 Å². The Morgan fingerprint density at radius 2 is 1.95 bits per heavy atom. The number of likely N-dealkylation sites (tertiary alicyclic amines) is 1. The zero-order valence-electron chi connectivity index (χ0n) is 24.8. The van der Waals surface area contributed by atoms with E-state index in [0.717, 1.165) is 17.6 Å². The molecular formula is C30H41Cl2FN4O4. The van der Waals surface area contributed by atoms with Crippen molar-refractivity contribution in [2.45, 2.75) is 78.1 Å². The van der Waals surface area contributed by atoms with Crippen LogP contribution in [-0.2, 0) is 4.74 Å². The molecule has 0 saturated carbocycles. The largest absolute Gasteiger partial charge is 0.482 e. The van der Waals surface area contributed by atoms with Crippen molar-refractivity contribution in [2.24, 2.45) is 4.99 Å². The molecule has 11 heteroatoms. The van der Waals surface area contributed by atoms with E-state index in [0.29, 0.717) is 42.3 Å². The van der Waals surface area contributed by atoms with Crippen molar-refractivity contribution < 1.29 is 23.8 Å². The highest BCUT2D eigenvalue weighted by Gasteiger charge is 2.33. The number of benzene rings is 1. The second kappa shape index (κ2) is 14.8. The van der Waals surface area contributed by atoms with Crippen LogP contribution in [-0.4, -0.2) is 58.6 Å². The molecule has 0 aliphatic carbocycles. The number of pyridine rings is 1. The fourth-order valence-corrected chi connectivity index (χ4v) is 4.79. The molecule has 1 aromatic heterocycles. The quantitative estimate of drug-likeness (QED) is 0.258. The van der Waals surface area contributed by atoms with Crippen LogP contribution >= 0.6 is 23.2 Å². The van der Waals surface area contributed by atoms with Gasteiger partial charge in [0.1, 0.15) is 17.5 Å². The Hall–Kier alpha value is -2.88. The number of hydrogen-bond donors (Lipinski definition) is 2. The van der Waals surface area contributed by atoms with E-state index in [4.69, 9.17) is 38.4 Å². The Morgan fingerprint density at radius 1 is 1.32 bits per heavy atom. The van der Waals surface area contributed by atoms with Crippen molar-refractivity contribution in [3.05, 3.63) is 57.5 Å². The minimum Gasteiger partial charge on any atom is -0.482 e. The number of carbonyl (C=O) groups is 1. The summed E-state index contributed by atoms with van der Waals surface area (Å²) in [5.74, 6) is 0.000102. The van der Waals surface area contributed by atoms with Crippen LogP contribution in [0, 0.1) is 5.82 Å². The Balaban J connectivity index is 0.000000317. The molecule has 0 radical (unpaired) electrons. The van der Waals surface area contributed by atoms with Gasteiger partial charge in [-0.05, 0) is 77.7 Å². The molecule has 1 saturated heterocycles. The highest BCUT2D eigenvalue weighted by Crippen LogP contribution is 2.36. The van der Waals surface area contributed by atoms with Gasteiger partial charge < -0.3 is 25.2 Å². The normalized spacial score (nSPS) is 16.2. The van der Waals surface area contributed by atoms with Gasteiger partial charge in [-0.3, -0.25) is 4.99 Å². The smallest absolute Gasteiger partial charge is 0.410 e. The number of rotatable bonds is 6. The molecule has 0 bridgehead atoms. The molecule has 3 N–H and O–H groups in total. The van der Waals surface area contributed by atoms with E-state index in [-0.39, 0.29) is 16.9 Å². The van der Waals surface area contributed by atoms with Crippen molar-refractivity contribution in [3.63, 3.8) is 0 Å². The maximum absolute atomic E-state index is 13.7. The molecule has 1 fully saturated rings. The number of nitrogens with zero attached hydrogens (tertiary/aromatic N) is 3. The number of aromatic nitrogens is 1. The second-order valence-electron chi connectivity index (χ2n) is 10.8. The number of carbonyl (C=O) groups excluding carboxylic acids is 1. The monoisotopic (exact) mass is 610 g/mol. The Labute approximate surface area is 252 Å². The molecule has 1 aromatic carbocycles. The number of hydrogen-bond acceptors (Lipinski definition) is 7. The van der Waals surface area contributed by atoms with Crippen LogP contribution in [0.4, 0.5) is 15.0 Å². The van der Waals surface area contributed by atoms with Gasteiger partial charge in [-0.2, -0.15) is 0 Å². The molecular weight excluding hydrogens is 570 g/mol. The number of nitrogen functional groups attached to an aromatic ring is 1. The first-order valence-electron chi connectivity index (χ1n) is 13.5. The van der Waals surface area contributed by atoms with Gasteiger partial charge in [0.05, 0.1) is 10.6 Å². The molecule has 2 heterocycles. The number of ether oxygens (including phenoxy) is 2. The number of allylic oxidation sites excluding steroid dienone is 2. The molecule has 2 aromatic rings. The number of nitrogens with two attached hydrogens (primary N) is 1. The van der Waals surface area contributed by atoms with Gasteiger partial charge in [0.2, 0.25) is 0 Å². The van der Waals surface area contributed by atoms with Crippen molar-refractivity contribution in [1.82, 2.24) is 9.88 Å². The van der Waals surface area contributed by atoms with E-state index >= 15 is 0 Å². The summed E-state index contributed by atoms with van der Waals surface area (Å²) in [7, 11) is 1.68. The summed E-state index contributed by atoms with van der Waals surface area (Å²) < 4.78 is 24.9. The first-order valence-corrected chi connectivity index (χ1v) is 14.2. The molecule has 3 rings (SSSR count). The van der Waals surface area contributed by atoms with Crippen molar-refractivity contribution in [3.8, 4) is 5.75 Å². The first-order chi connectivity index (χ1) is 19.1. The van der Waals surface area contributed by atoms with Gasteiger partial charge in [-0.15, -0.1) is 0 Å². The number of piperidine rings is 1. The van der Waals surface area contributed by atoms with Gasteiger partial charge in [0.15, 0.2) is 11.6 Å². The molecule has 8 nitrogen and oxygen atoms in total. The summed E-state index contributed by atoms with van der Waals surface area (Å²) in [5, 5.41) is 10.3. The third-order valence-corrected chi connectivity index (χ3v) is 7.30. The second-order valence-corrected chi connectivity index (χ2v) is 11.6. The lowest BCUT2D eigenvalue weighted by atomic mass is 9.89. The number of aliphatic imine (C=N–C) groups is 1. The highest BCUT2D eigenvalue weighted by atomic mass is 35.5. The third-order valence-electron chi connectivity index (χ3n) is 6.59. The molecule has 1 unspecified atom stereocenters. The lowest BCUT2D eigenvalue weighted by Crippen LogP contribution is -2.47. The zero-order valence-corrected chi connectivity index (χ0v) is 26.3. The minimum atomic E-state index is -0.621. The predicted octanol–water partition coefficient (Wildman–Crippen LogP) is 7.51. The van der Waals surface area contributed by atoms with E-state index in [1.807, 2.05) is 40.7 Å². The summed E-state index contributed by atoms with van der Waals surface area (Å²) in [5.41, 5.74) is 6.89. The number of halogens is 3. The average molecular weight is 612 g/mol. The molecule has 1 amide bonds. The number of anilines is 1. The molecule has 226 valence electrons. The maximum atomic E-state index is 13.7. The van der Waals surface area contributed by atoms with E-state index in [1.165, 1.54) is 12.1 Å². The summed E-state index contributed by atoms with van der Waals surface area (Å²) in [6.07, 6.45) is 6.37. The molecule has 1 aliphatic heterocycles. The lowest BCUT2D eigenvalue weighted by molar-refractivity contribution is -0.0338. The van der Waals surface area contributed by atoms with E-state index < -0.39 is 23.1 Å². The van der Waals surface area contributed by atoms with Gasteiger partial charge in [-0.25, -0.2) is 14.2 Å². The van der Waals surface area contributed by atoms with Gasteiger partial charge in [-0.1, -0.05) is 36.2 Å². The molecule has 41 heavy (non-hydrogen) atoms. The maximum Gasteiger partial charge on any atom is 0.410 e. The van der Waals surface area contributed by atoms with Gasteiger partial charge in [0, 0.05) is 48.7 Å². The number of aliphatic hydroxyl groups is 1. The standard InChI is InChI=1S/C18H18Cl2FN3O.C12H23NO3/c1-4-11(8-23-3)12-7-15(18(22)24-9-12)25-10(2)16-13(19)5-6-14(21)17(16)20;1-5-12(15)6-8-13(9-7-12)10(14)16-11(2,3)4/h4-10H,1-3H3,(H2,22,24);15H,5-9H2,1-4H3/b11-4+,23-8?;. The first kappa shape index (κ1) is 34.3. The van der Waals surface area contributed by atoms with E-state index in [1.54, 1.807) is 37.3 Å². The van der Waals surface area contributed by atoms with Crippen molar-refractivity contribution in [2.75, 3.05) is 25.9 Å². The molecule has 0 spiro atoms. The highest BCUT2D eigenvalue weighted by molar-refractivity contribution is 6.36. The number of amides is 1. The van der Waals surface area contributed by atoms with Crippen LogP contribution in [0.3, 0.4) is 0 Å². The predicted molar refractivity (Wildman–Crippen MR) is 164 cm³/mol. The van der Waals surface area contributed by atoms with Crippen LogP contribution in [0.5, 0.6) is 5.75 Å². The lowest BCUT2D eigenvalue weighted by Gasteiger charge is -2.38. The van der Waals surface area contributed by atoms with Crippen LogP contribution in [0.25, 0.3) is 5.57 Å². The fourth-order valence-electron chi connectivity index (χ4n) is 4.11. The van der Waals surface area contributed by atoms with Crippen molar-refractivity contribution >= 4 is 46.9 Å². The zero-order chi connectivity index (χ0) is 31.0. The van der Waals surface area contributed by atoms with Crippen LogP contribution in [0.15, 0.2) is 35.5 Å². The molecule has 1 atom stereocenters. The SMILES string of the molecule is C/C=C(\C=NC)c1cnc(N)c(OC(C)c2c(Cl)ccc(F)c2Cl)c1.CCC1(O)CCN(C(=O)OC(C)(C)C)CC1. The van der Waals surface area contributed by atoms with E-state index in [2.05, 4.69) is 9.98 Å². The summed E-state index contributed by atoms with van der Waals surface area (Å²) in [4.78, 5) is 21.6. The van der Waals surface area contributed by atoms with Crippen LogP contribution < -0.4 is 10.5 Å². The Bertz CT molecular complexity index is 1260. The summed E-state index contributed by atoms with van der Waals surface area (Å²) >= 11 is 12.2. The minimum absolute atomic E-state index is 0.0741. The average Bonchev–Trinajstić information content (AvgIpc) is 2.91.